The number of amides is 1. The Bertz CT molecular complexity index is 841. The molecule has 0 spiro atoms. The molecule has 4 rings (SSSR count). The van der Waals surface area contributed by atoms with E-state index in [0.29, 0.717) is 18.2 Å². The zero-order valence-corrected chi connectivity index (χ0v) is 15.8. The third kappa shape index (κ3) is 4.48. The summed E-state index contributed by atoms with van der Waals surface area (Å²) in [5, 5.41) is 4.07. The van der Waals surface area contributed by atoms with Crippen LogP contribution in [0, 0.1) is 0 Å². The van der Waals surface area contributed by atoms with Gasteiger partial charge in [0.25, 0.3) is 0 Å². The number of ether oxygens (including phenoxy) is 2. The highest BCUT2D eigenvalue weighted by atomic mass is 16.7. The number of carbonyl (C=O) groups is 1. The minimum absolute atomic E-state index is 0.0694. The van der Waals surface area contributed by atoms with Crippen molar-refractivity contribution < 1.29 is 19.2 Å². The largest absolute Gasteiger partial charge is 0.454 e. The smallest absolute Gasteiger partial charge is 0.245 e. The first-order chi connectivity index (χ1) is 13.8. The fourth-order valence-corrected chi connectivity index (χ4v) is 3.86. The number of benzene rings is 1. The van der Waals surface area contributed by atoms with Crippen LogP contribution in [-0.4, -0.2) is 37.0 Å². The maximum Gasteiger partial charge on any atom is 0.245 e. The van der Waals surface area contributed by atoms with Crippen molar-refractivity contribution in [3.05, 3.63) is 53.9 Å². The second kappa shape index (κ2) is 8.84. The standard InChI is InChI=1S/C21H24N4O3/c26-21(24-23-13-16-6-7-19-20(12-16)28-15-27-19)8-11-25-10-2-1-5-18(25)17-4-3-9-22-14-17/h3-4,6-7,9,12-14,18H,1-2,5,8,10-11,15H2,(H,24,26)/p+1/b23-13-/t18-/m0/s1. The van der Waals surface area contributed by atoms with Crippen LogP contribution in [0.3, 0.4) is 0 Å². The van der Waals surface area contributed by atoms with Gasteiger partial charge >= 0.3 is 0 Å². The van der Waals surface area contributed by atoms with Gasteiger partial charge < -0.3 is 14.4 Å². The summed E-state index contributed by atoms with van der Waals surface area (Å²) in [5.41, 5.74) is 4.74. The summed E-state index contributed by atoms with van der Waals surface area (Å²) < 4.78 is 10.6. The number of hydrogen-bond donors (Lipinski definition) is 2. The van der Waals surface area contributed by atoms with Gasteiger partial charge in [0.15, 0.2) is 11.5 Å². The molecule has 2 atom stereocenters. The van der Waals surface area contributed by atoms with Crippen molar-refractivity contribution in [2.24, 2.45) is 5.10 Å². The van der Waals surface area contributed by atoms with Gasteiger partial charge in [-0.1, -0.05) is 6.07 Å². The SMILES string of the molecule is O=C(CC[NH+]1CCCC[C@H]1c1cccnc1)N/N=C\c1ccc2c(c1)OCO2. The molecule has 3 heterocycles. The molecule has 7 nitrogen and oxygen atoms in total. The highest BCUT2D eigenvalue weighted by Gasteiger charge is 2.27. The fraction of sp³-hybridized carbons (Fsp3) is 0.381. The highest BCUT2D eigenvalue weighted by Crippen LogP contribution is 2.31. The van der Waals surface area contributed by atoms with Crippen LogP contribution >= 0.6 is 0 Å². The Kier molecular flexibility index (Phi) is 5.82. The second-order valence-electron chi connectivity index (χ2n) is 7.15. The van der Waals surface area contributed by atoms with Gasteiger partial charge in [0.05, 0.1) is 25.7 Å². The number of quaternary nitrogens is 1. The number of carbonyl (C=O) groups excluding carboxylic acids is 1. The molecule has 0 radical (unpaired) electrons. The van der Waals surface area contributed by atoms with Gasteiger partial charge in [-0.05, 0) is 42.7 Å². The van der Waals surface area contributed by atoms with Crippen molar-refractivity contribution in [3.8, 4) is 11.5 Å². The van der Waals surface area contributed by atoms with Gasteiger partial charge in [0.2, 0.25) is 12.7 Å². The first-order valence-corrected chi connectivity index (χ1v) is 9.75. The number of pyridine rings is 1. The summed E-state index contributed by atoms with van der Waals surface area (Å²) in [6.07, 6.45) is 9.40. The van der Waals surface area contributed by atoms with Gasteiger partial charge in [0, 0.05) is 24.4 Å². The molecule has 7 heteroatoms. The molecule has 1 aromatic heterocycles. The summed E-state index contributed by atoms with van der Waals surface area (Å²) in [6, 6.07) is 10.1. The monoisotopic (exact) mass is 381 g/mol. The fourth-order valence-electron chi connectivity index (χ4n) is 3.86. The number of nitrogens with one attached hydrogen (secondary N) is 2. The quantitative estimate of drug-likeness (QED) is 0.587. The minimum atomic E-state index is -0.0694. The molecule has 2 N–H and O–H groups in total. The third-order valence-electron chi connectivity index (χ3n) is 5.29. The van der Waals surface area contributed by atoms with E-state index < -0.39 is 0 Å². The molecular formula is C21H25N4O3+. The number of piperidine rings is 1. The van der Waals surface area contributed by atoms with Crippen LogP contribution < -0.4 is 19.8 Å². The van der Waals surface area contributed by atoms with E-state index in [1.54, 1.807) is 12.4 Å². The van der Waals surface area contributed by atoms with Crippen LogP contribution in [-0.2, 0) is 4.79 Å². The maximum absolute atomic E-state index is 12.2. The lowest BCUT2D eigenvalue weighted by Gasteiger charge is -2.32. The molecule has 0 aliphatic carbocycles. The molecule has 1 fully saturated rings. The van der Waals surface area contributed by atoms with Crippen molar-refractivity contribution in [2.45, 2.75) is 31.7 Å². The lowest BCUT2D eigenvalue weighted by Crippen LogP contribution is -3.13. The molecule has 2 aromatic rings. The lowest BCUT2D eigenvalue weighted by atomic mass is 9.96. The molecule has 1 unspecified atom stereocenters. The molecule has 1 saturated heterocycles. The van der Waals surface area contributed by atoms with Crippen molar-refractivity contribution in [1.82, 2.24) is 10.4 Å². The molecule has 2 aliphatic heterocycles. The van der Waals surface area contributed by atoms with Crippen LogP contribution in [0.1, 0.15) is 42.9 Å². The molecule has 0 saturated carbocycles. The predicted molar refractivity (Wildman–Crippen MR) is 104 cm³/mol. The Morgan fingerprint density at radius 3 is 3.11 bits per heavy atom. The maximum atomic E-state index is 12.2. The van der Waals surface area contributed by atoms with Crippen LogP contribution in [0.25, 0.3) is 0 Å². The Hall–Kier alpha value is -2.93. The normalized spacial score (nSPS) is 21.0. The van der Waals surface area contributed by atoms with Crippen LogP contribution in [0.2, 0.25) is 0 Å². The van der Waals surface area contributed by atoms with Gasteiger partial charge in [-0.25, -0.2) is 5.43 Å². The topological polar surface area (TPSA) is 77.3 Å². The summed E-state index contributed by atoms with van der Waals surface area (Å²) in [5.74, 6) is 1.36. The van der Waals surface area contributed by atoms with E-state index in [9.17, 15) is 4.79 Å². The zero-order chi connectivity index (χ0) is 19.2. The average Bonchev–Trinajstić information content (AvgIpc) is 3.21. The highest BCUT2D eigenvalue weighted by molar-refractivity contribution is 5.83. The van der Waals surface area contributed by atoms with E-state index in [-0.39, 0.29) is 12.7 Å². The molecule has 28 heavy (non-hydrogen) atoms. The van der Waals surface area contributed by atoms with E-state index in [2.05, 4.69) is 21.6 Å². The summed E-state index contributed by atoms with van der Waals surface area (Å²) in [4.78, 5) is 17.9. The number of hydrazone groups is 1. The first-order valence-electron chi connectivity index (χ1n) is 9.75. The minimum Gasteiger partial charge on any atom is -0.454 e. The molecular weight excluding hydrogens is 356 g/mol. The molecule has 2 aliphatic rings. The molecule has 146 valence electrons. The number of nitrogens with zero attached hydrogens (tertiary/aromatic N) is 2. The summed E-state index contributed by atoms with van der Waals surface area (Å²) in [6.45, 7) is 2.13. The first kappa shape index (κ1) is 18.4. The Morgan fingerprint density at radius 2 is 2.21 bits per heavy atom. The van der Waals surface area contributed by atoms with Gasteiger partial charge in [0.1, 0.15) is 6.04 Å². The van der Waals surface area contributed by atoms with Crippen molar-refractivity contribution in [3.63, 3.8) is 0 Å². The van der Waals surface area contributed by atoms with Crippen molar-refractivity contribution >= 4 is 12.1 Å². The van der Waals surface area contributed by atoms with Crippen LogP contribution in [0.15, 0.2) is 47.8 Å². The average molecular weight is 381 g/mol. The Labute approximate surface area is 164 Å². The van der Waals surface area contributed by atoms with E-state index >= 15 is 0 Å². The lowest BCUT2D eigenvalue weighted by molar-refractivity contribution is -0.936. The van der Waals surface area contributed by atoms with E-state index in [1.165, 1.54) is 23.3 Å². The zero-order valence-electron chi connectivity index (χ0n) is 15.8. The van der Waals surface area contributed by atoms with Crippen LogP contribution in [0.4, 0.5) is 0 Å². The molecule has 1 aromatic carbocycles. The van der Waals surface area contributed by atoms with Crippen LogP contribution in [0.5, 0.6) is 11.5 Å². The Morgan fingerprint density at radius 1 is 1.29 bits per heavy atom. The van der Waals surface area contributed by atoms with E-state index in [1.807, 2.05) is 30.5 Å². The number of fused-ring (bicyclic) bond motifs is 1. The second-order valence-corrected chi connectivity index (χ2v) is 7.15. The van der Waals surface area contributed by atoms with Gasteiger partial charge in [-0.15, -0.1) is 0 Å². The Balaban J connectivity index is 1.27. The van der Waals surface area contributed by atoms with E-state index in [4.69, 9.17) is 9.47 Å². The number of hydrogen-bond acceptors (Lipinski definition) is 5. The molecule has 0 bridgehead atoms. The van der Waals surface area contributed by atoms with Gasteiger partial charge in [-0.2, -0.15) is 5.10 Å². The number of likely N-dealkylation sites (tertiary alicyclic amines) is 1. The van der Waals surface area contributed by atoms with E-state index in [0.717, 1.165) is 30.8 Å². The summed E-state index contributed by atoms with van der Waals surface area (Å²) >= 11 is 0. The summed E-state index contributed by atoms with van der Waals surface area (Å²) in [7, 11) is 0. The molecule has 1 amide bonds. The van der Waals surface area contributed by atoms with Crippen molar-refractivity contribution in [1.29, 1.82) is 0 Å². The van der Waals surface area contributed by atoms with Gasteiger partial charge in [-0.3, -0.25) is 9.78 Å². The third-order valence-corrected chi connectivity index (χ3v) is 5.29. The van der Waals surface area contributed by atoms with Crippen molar-refractivity contribution in [2.75, 3.05) is 19.9 Å². The predicted octanol–water partition coefficient (Wildman–Crippen LogP) is 1.46. The number of aromatic nitrogens is 1. The number of rotatable bonds is 6.